The molecule has 0 unspecified atom stereocenters. The molecule has 0 spiro atoms. The average molecular weight is 294 g/mol. The van der Waals surface area contributed by atoms with Crippen LogP contribution in [0.2, 0.25) is 0 Å². The van der Waals surface area contributed by atoms with E-state index in [2.05, 4.69) is 0 Å². The third kappa shape index (κ3) is 4.62. The summed E-state index contributed by atoms with van der Waals surface area (Å²) in [6, 6.07) is 3.52. The molecule has 1 heterocycles. The van der Waals surface area contributed by atoms with E-state index < -0.39 is 0 Å². The summed E-state index contributed by atoms with van der Waals surface area (Å²) in [5.74, 6) is 0.0851. The summed E-state index contributed by atoms with van der Waals surface area (Å²) in [5, 5.41) is 0. The van der Waals surface area contributed by atoms with Crippen LogP contribution in [0.25, 0.3) is 0 Å². The van der Waals surface area contributed by atoms with Gasteiger partial charge in [0.15, 0.2) is 0 Å². The van der Waals surface area contributed by atoms with Gasteiger partial charge in [0.2, 0.25) is 0 Å². The summed E-state index contributed by atoms with van der Waals surface area (Å²) in [7, 11) is 1.38. The van der Waals surface area contributed by atoms with Crippen molar-refractivity contribution in [1.82, 2.24) is 0 Å². The molecular formula is C16H22O5. The molecular weight excluding hydrogens is 272 g/mol. The molecule has 5 heteroatoms. The second kappa shape index (κ2) is 7.29. The van der Waals surface area contributed by atoms with Gasteiger partial charge in [0.1, 0.15) is 12.4 Å². The fraction of sp³-hybridized carbons (Fsp3) is 0.625. The van der Waals surface area contributed by atoms with Gasteiger partial charge in [-0.15, -0.1) is 0 Å². The molecule has 0 radical (unpaired) electrons. The van der Waals surface area contributed by atoms with E-state index in [9.17, 15) is 9.59 Å². The third-order valence-corrected chi connectivity index (χ3v) is 4.14. The van der Waals surface area contributed by atoms with Crippen molar-refractivity contribution in [1.29, 1.82) is 0 Å². The van der Waals surface area contributed by atoms with E-state index in [0.29, 0.717) is 12.2 Å². The highest BCUT2D eigenvalue weighted by molar-refractivity contribution is 5.74. The topological polar surface area (TPSA) is 65.7 Å². The number of hydrogen-bond donors (Lipinski definition) is 0. The second-order valence-corrected chi connectivity index (χ2v) is 5.73. The molecule has 1 aromatic heterocycles. The van der Waals surface area contributed by atoms with Crippen LogP contribution in [0.3, 0.4) is 0 Å². The van der Waals surface area contributed by atoms with Crippen LogP contribution in [-0.2, 0) is 25.7 Å². The summed E-state index contributed by atoms with van der Waals surface area (Å²) in [6.07, 6.45) is 7.09. The van der Waals surface area contributed by atoms with Crippen molar-refractivity contribution in [3.05, 3.63) is 24.2 Å². The lowest BCUT2D eigenvalue weighted by molar-refractivity contribution is -0.151. The van der Waals surface area contributed by atoms with E-state index in [1.807, 2.05) is 0 Å². The Morgan fingerprint density at radius 3 is 2.52 bits per heavy atom. The SMILES string of the molecule is COC(=O)CC1(CC(=O)OCc2ccco2)CCCCC1. The Bertz CT molecular complexity index is 457. The molecule has 1 fully saturated rings. The molecule has 1 aliphatic rings. The van der Waals surface area contributed by atoms with E-state index in [-0.39, 0.29) is 30.4 Å². The van der Waals surface area contributed by atoms with Crippen molar-refractivity contribution in [2.24, 2.45) is 5.41 Å². The maximum Gasteiger partial charge on any atom is 0.306 e. The van der Waals surface area contributed by atoms with Crippen LogP contribution in [0.1, 0.15) is 50.7 Å². The predicted octanol–water partition coefficient (Wildman–Crippen LogP) is 3.23. The summed E-state index contributed by atoms with van der Waals surface area (Å²) in [6.45, 7) is 0.139. The Kier molecular flexibility index (Phi) is 5.42. The number of carbonyl (C=O) groups is 2. The number of carbonyl (C=O) groups excluding carboxylic acids is 2. The number of esters is 2. The van der Waals surface area contributed by atoms with Crippen LogP contribution in [-0.4, -0.2) is 19.0 Å². The number of ether oxygens (including phenoxy) is 2. The lowest BCUT2D eigenvalue weighted by Gasteiger charge is -2.35. The van der Waals surface area contributed by atoms with Gasteiger partial charge in [0.05, 0.1) is 26.2 Å². The molecule has 0 aliphatic heterocycles. The van der Waals surface area contributed by atoms with E-state index >= 15 is 0 Å². The molecule has 1 aromatic rings. The van der Waals surface area contributed by atoms with Crippen molar-refractivity contribution in [3.8, 4) is 0 Å². The van der Waals surface area contributed by atoms with Crippen LogP contribution < -0.4 is 0 Å². The van der Waals surface area contributed by atoms with Gasteiger partial charge in [-0.05, 0) is 30.4 Å². The first kappa shape index (κ1) is 15.6. The number of rotatable bonds is 6. The molecule has 0 bridgehead atoms. The molecule has 1 saturated carbocycles. The zero-order valence-electron chi connectivity index (χ0n) is 12.4. The van der Waals surface area contributed by atoms with Gasteiger partial charge in [-0.1, -0.05) is 19.3 Å². The van der Waals surface area contributed by atoms with Gasteiger partial charge in [-0.2, -0.15) is 0 Å². The van der Waals surface area contributed by atoms with Gasteiger partial charge in [0.25, 0.3) is 0 Å². The van der Waals surface area contributed by atoms with Crippen LogP contribution >= 0.6 is 0 Å². The zero-order valence-corrected chi connectivity index (χ0v) is 12.4. The van der Waals surface area contributed by atoms with E-state index in [0.717, 1.165) is 32.1 Å². The summed E-state index contributed by atoms with van der Waals surface area (Å²) in [5.41, 5.74) is -0.300. The molecule has 5 nitrogen and oxygen atoms in total. The minimum absolute atomic E-state index is 0.139. The molecule has 0 aromatic carbocycles. The lowest BCUT2D eigenvalue weighted by atomic mass is 9.69. The molecule has 1 aliphatic carbocycles. The van der Waals surface area contributed by atoms with Gasteiger partial charge in [-0.3, -0.25) is 9.59 Å². The quantitative estimate of drug-likeness (QED) is 0.754. The number of methoxy groups -OCH3 is 1. The number of furan rings is 1. The second-order valence-electron chi connectivity index (χ2n) is 5.73. The molecule has 0 amide bonds. The van der Waals surface area contributed by atoms with Crippen LogP contribution in [0.4, 0.5) is 0 Å². The summed E-state index contributed by atoms with van der Waals surface area (Å²) >= 11 is 0. The first-order chi connectivity index (χ1) is 10.1. The average Bonchev–Trinajstić information content (AvgIpc) is 2.99. The Labute approximate surface area is 124 Å². The third-order valence-electron chi connectivity index (χ3n) is 4.14. The van der Waals surface area contributed by atoms with Crippen molar-refractivity contribution >= 4 is 11.9 Å². The Balaban J connectivity index is 1.90. The maximum atomic E-state index is 12.1. The van der Waals surface area contributed by atoms with Gasteiger partial charge < -0.3 is 13.9 Å². The molecule has 116 valence electrons. The first-order valence-corrected chi connectivity index (χ1v) is 7.38. The van der Waals surface area contributed by atoms with Gasteiger partial charge in [-0.25, -0.2) is 0 Å². The zero-order chi connectivity index (χ0) is 15.1. The Hall–Kier alpha value is -1.78. The van der Waals surface area contributed by atoms with Crippen molar-refractivity contribution in [2.45, 2.75) is 51.6 Å². The van der Waals surface area contributed by atoms with Crippen LogP contribution in [0.15, 0.2) is 22.8 Å². The van der Waals surface area contributed by atoms with Crippen molar-refractivity contribution in [3.63, 3.8) is 0 Å². The minimum Gasteiger partial charge on any atom is -0.469 e. The largest absolute Gasteiger partial charge is 0.469 e. The minimum atomic E-state index is -0.300. The van der Waals surface area contributed by atoms with Crippen LogP contribution in [0.5, 0.6) is 0 Å². The summed E-state index contributed by atoms with van der Waals surface area (Å²) < 4.78 is 15.1. The van der Waals surface area contributed by atoms with Crippen LogP contribution in [0, 0.1) is 5.41 Å². The fourth-order valence-electron chi connectivity index (χ4n) is 3.00. The van der Waals surface area contributed by atoms with Crippen molar-refractivity contribution in [2.75, 3.05) is 7.11 Å². The summed E-state index contributed by atoms with van der Waals surface area (Å²) in [4.78, 5) is 23.7. The highest BCUT2D eigenvalue weighted by atomic mass is 16.5. The Morgan fingerprint density at radius 2 is 1.90 bits per heavy atom. The standard InChI is InChI=1S/C16H22O5/c1-19-14(17)10-16(7-3-2-4-8-16)11-15(18)21-12-13-6-5-9-20-13/h5-6,9H,2-4,7-8,10-12H2,1H3. The van der Waals surface area contributed by atoms with Gasteiger partial charge >= 0.3 is 11.9 Å². The molecule has 0 N–H and O–H groups in total. The Morgan fingerprint density at radius 1 is 1.19 bits per heavy atom. The maximum absolute atomic E-state index is 12.1. The van der Waals surface area contributed by atoms with E-state index in [4.69, 9.17) is 13.9 Å². The molecule has 21 heavy (non-hydrogen) atoms. The van der Waals surface area contributed by atoms with Crippen molar-refractivity contribution < 1.29 is 23.5 Å². The van der Waals surface area contributed by atoms with E-state index in [1.54, 1.807) is 18.4 Å². The molecule has 2 rings (SSSR count). The van der Waals surface area contributed by atoms with E-state index in [1.165, 1.54) is 7.11 Å². The molecule has 0 saturated heterocycles. The normalized spacial score (nSPS) is 17.2. The molecule has 0 atom stereocenters. The first-order valence-electron chi connectivity index (χ1n) is 7.38. The monoisotopic (exact) mass is 294 g/mol. The van der Waals surface area contributed by atoms with Gasteiger partial charge in [0, 0.05) is 0 Å². The fourth-order valence-corrected chi connectivity index (χ4v) is 3.00. The smallest absolute Gasteiger partial charge is 0.306 e. The highest BCUT2D eigenvalue weighted by Crippen LogP contribution is 2.42. The lowest BCUT2D eigenvalue weighted by Crippen LogP contribution is -2.31. The predicted molar refractivity (Wildman–Crippen MR) is 75.3 cm³/mol. The highest BCUT2D eigenvalue weighted by Gasteiger charge is 2.37. The number of hydrogen-bond acceptors (Lipinski definition) is 5.